The summed E-state index contributed by atoms with van der Waals surface area (Å²) in [7, 11) is 5.53. The van der Waals surface area contributed by atoms with Crippen LogP contribution in [0.25, 0.3) is 0 Å². The Morgan fingerprint density at radius 2 is 1.67 bits per heavy atom. The van der Waals surface area contributed by atoms with Crippen LogP contribution in [-0.4, -0.2) is 38.8 Å². The molecule has 2 aromatic carbocycles. The van der Waals surface area contributed by atoms with Gasteiger partial charge in [-0.15, -0.1) is 10.2 Å². The number of hydrogen-bond donors (Lipinski definition) is 0. The summed E-state index contributed by atoms with van der Waals surface area (Å²) in [6.45, 7) is 0.861. The van der Waals surface area contributed by atoms with Gasteiger partial charge in [0.1, 0.15) is 6.34 Å². The quantitative estimate of drug-likeness (QED) is 0.335. The van der Waals surface area contributed by atoms with Gasteiger partial charge in [-0.2, -0.15) is 5.10 Å². The molecule has 2 aromatic rings. The van der Waals surface area contributed by atoms with Crippen molar-refractivity contribution in [2.45, 2.75) is 6.54 Å². The van der Waals surface area contributed by atoms with Crippen LogP contribution >= 0.6 is 0 Å². The van der Waals surface area contributed by atoms with E-state index in [1.54, 1.807) is 25.4 Å². The number of nitrogens with zero attached hydrogens (tertiary/aromatic N) is 6. The van der Waals surface area contributed by atoms with E-state index >= 15 is 0 Å². The third kappa shape index (κ3) is 5.64. The fourth-order valence-corrected chi connectivity index (χ4v) is 2.12. The normalized spacial score (nSPS) is 11.6. The maximum absolute atomic E-state index is 4.11. The summed E-state index contributed by atoms with van der Waals surface area (Å²) in [5.41, 5.74) is 3.19. The number of hydrogen-bond acceptors (Lipinski definition) is 4. The molecule has 0 saturated carbocycles. The summed E-state index contributed by atoms with van der Waals surface area (Å²) in [4.78, 5) is 6.03. The Labute approximate surface area is 142 Å². The highest BCUT2D eigenvalue weighted by molar-refractivity contribution is 5.60. The molecule has 6 heteroatoms. The first-order valence-electron chi connectivity index (χ1n) is 7.62. The van der Waals surface area contributed by atoms with Gasteiger partial charge in [-0.1, -0.05) is 30.3 Å². The summed E-state index contributed by atoms with van der Waals surface area (Å²) in [6, 6.07) is 18.3. The van der Waals surface area contributed by atoms with Gasteiger partial charge in [-0.3, -0.25) is 10.0 Å². The molecular weight excluding hydrogens is 300 g/mol. The van der Waals surface area contributed by atoms with E-state index in [0.29, 0.717) is 0 Å². The Bertz CT molecular complexity index is 691. The predicted molar refractivity (Wildman–Crippen MR) is 100 cm³/mol. The fourth-order valence-electron chi connectivity index (χ4n) is 2.12. The molecule has 0 aliphatic rings. The Balaban J connectivity index is 1.92. The van der Waals surface area contributed by atoms with Crippen LogP contribution in [0, 0.1) is 0 Å². The second kappa shape index (κ2) is 9.19. The standard InChI is InChI=1S/C18H22N6/c1-19-15-24(3)21-14-20-22-17-9-11-18(12-10-17)23(2)13-16-7-5-4-6-8-16/h4-12,14-15H,13H2,1-3H3/b19-15?,21-14+,22-20?. The Hall–Kier alpha value is -3.02. The number of azo groups is 1. The lowest BCUT2D eigenvalue weighted by molar-refractivity contribution is 0.562. The minimum atomic E-state index is 0.783. The molecule has 2 rings (SSSR count). The molecular formula is C18H22N6. The van der Waals surface area contributed by atoms with Crippen molar-refractivity contribution in [3.8, 4) is 0 Å². The molecule has 24 heavy (non-hydrogen) atoms. The second-order valence-electron chi connectivity index (χ2n) is 5.25. The maximum atomic E-state index is 4.11. The van der Waals surface area contributed by atoms with Gasteiger partial charge in [-0.25, -0.2) is 0 Å². The second-order valence-corrected chi connectivity index (χ2v) is 5.25. The van der Waals surface area contributed by atoms with Crippen LogP contribution in [0.5, 0.6) is 0 Å². The summed E-state index contributed by atoms with van der Waals surface area (Å²) < 4.78 is 0. The zero-order valence-electron chi connectivity index (χ0n) is 14.2. The molecule has 0 heterocycles. The van der Waals surface area contributed by atoms with Crippen LogP contribution < -0.4 is 4.90 Å². The van der Waals surface area contributed by atoms with Gasteiger partial charge < -0.3 is 4.90 Å². The predicted octanol–water partition coefficient (Wildman–Crippen LogP) is 3.94. The SMILES string of the molecule is CN=CN(C)/N=C/N=Nc1ccc(N(C)Cc2ccccc2)cc1. The summed E-state index contributed by atoms with van der Waals surface area (Å²) in [6.07, 6.45) is 2.97. The lowest BCUT2D eigenvalue weighted by atomic mass is 10.2. The highest BCUT2D eigenvalue weighted by atomic mass is 15.4. The molecule has 6 nitrogen and oxygen atoms in total. The third-order valence-corrected chi connectivity index (χ3v) is 3.29. The van der Waals surface area contributed by atoms with Crippen LogP contribution in [0.15, 0.2) is 74.9 Å². The molecule has 0 saturated heterocycles. The molecule has 0 bridgehead atoms. The molecule has 0 aromatic heterocycles. The van der Waals surface area contributed by atoms with E-state index in [2.05, 4.69) is 56.5 Å². The molecule has 0 spiro atoms. The topological polar surface area (TPSA) is 55.9 Å². The van der Waals surface area contributed by atoms with Crippen LogP contribution in [0.4, 0.5) is 11.4 Å². The summed E-state index contributed by atoms with van der Waals surface area (Å²) >= 11 is 0. The van der Waals surface area contributed by atoms with E-state index in [0.717, 1.165) is 17.9 Å². The van der Waals surface area contributed by atoms with Crippen LogP contribution in [0.3, 0.4) is 0 Å². The number of benzene rings is 2. The van der Waals surface area contributed by atoms with Crippen LogP contribution in [0.2, 0.25) is 0 Å². The molecule has 0 N–H and O–H groups in total. The molecule has 124 valence electrons. The molecule has 0 atom stereocenters. The zero-order chi connectivity index (χ0) is 17.2. The number of anilines is 1. The minimum absolute atomic E-state index is 0.783. The summed E-state index contributed by atoms with van der Waals surface area (Å²) in [5.74, 6) is 0. The lowest BCUT2D eigenvalue weighted by Crippen LogP contribution is -2.15. The highest BCUT2D eigenvalue weighted by Crippen LogP contribution is 2.20. The van der Waals surface area contributed by atoms with Crippen molar-refractivity contribution in [3.05, 3.63) is 60.2 Å². The lowest BCUT2D eigenvalue weighted by Gasteiger charge is -2.19. The average molecular weight is 322 g/mol. The largest absolute Gasteiger partial charge is 0.370 e. The first-order chi connectivity index (χ1) is 11.7. The van der Waals surface area contributed by atoms with Crippen molar-refractivity contribution in [1.29, 1.82) is 0 Å². The fraction of sp³-hybridized carbons (Fsp3) is 0.222. The van der Waals surface area contributed by atoms with E-state index in [-0.39, 0.29) is 0 Å². The molecule has 0 radical (unpaired) electrons. The van der Waals surface area contributed by atoms with Gasteiger partial charge >= 0.3 is 0 Å². The third-order valence-electron chi connectivity index (χ3n) is 3.29. The van der Waals surface area contributed by atoms with Gasteiger partial charge in [0, 0.05) is 33.4 Å². The molecule has 0 unspecified atom stereocenters. The molecule has 0 aliphatic heterocycles. The maximum Gasteiger partial charge on any atom is 0.158 e. The van der Waals surface area contributed by atoms with Gasteiger partial charge in [0.2, 0.25) is 0 Å². The van der Waals surface area contributed by atoms with Crippen LogP contribution in [-0.2, 0) is 6.54 Å². The van der Waals surface area contributed by atoms with Crippen molar-refractivity contribution >= 4 is 24.1 Å². The first-order valence-corrected chi connectivity index (χ1v) is 7.62. The smallest absolute Gasteiger partial charge is 0.158 e. The van der Waals surface area contributed by atoms with Crippen molar-refractivity contribution in [3.63, 3.8) is 0 Å². The van der Waals surface area contributed by atoms with E-state index in [1.807, 2.05) is 30.3 Å². The van der Waals surface area contributed by atoms with Gasteiger partial charge in [-0.05, 0) is 29.8 Å². The van der Waals surface area contributed by atoms with Gasteiger partial charge in [0.25, 0.3) is 0 Å². The van der Waals surface area contributed by atoms with E-state index < -0.39 is 0 Å². The van der Waals surface area contributed by atoms with Crippen molar-refractivity contribution in [1.82, 2.24) is 5.01 Å². The average Bonchev–Trinajstić information content (AvgIpc) is 2.60. The number of aliphatic imine (C=N–C) groups is 1. The first kappa shape index (κ1) is 17.3. The molecule has 0 fully saturated rings. The van der Waals surface area contributed by atoms with Crippen LogP contribution in [0.1, 0.15) is 5.56 Å². The van der Waals surface area contributed by atoms with E-state index in [1.165, 1.54) is 11.9 Å². The number of rotatable bonds is 7. The highest BCUT2D eigenvalue weighted by Gasteiger charge is 2.01. The van der Waals surface area contributed by atoms with Crippen molar-refractivity contribution in [2.24, 2.45) is 20.3 Å². The zero-order valence-corrected chi connectivity index (χ0v) is 14.2. The Kier molecular flexibility index (Phi) is 6.64. The van der Waals surface area contributed by atoms with Gasteiger partial charge in [0.05, 0.1) is 5.69 Å². The van der Waals surface area contributed by atoms with Gasteiger partial charge in [0.15, 0.2) is 6.34 Å². The Morgan fingerprint density at radius 3 is 2.33 bits per heavy atom. The molecule has 0 aliphatic carbocycles. The van der Waals surface area contributed by atoms with E-state index in [4.69, 9.17) is 0 Å². The van der Waals surface area contributed by atoms with E-state index in [9.17, 15) is 0 Å². The molecule has 0 amide bonds. The summed E-state index contributed by atoms with van der Waals surface area (Å²) in [5, 5.41) is 13.6. The van der Waals surface area contributed by atoms with Crippen molar-refractivity contribution in [2.75, 3.05) is 26.0 Å². The monoisotopic (exact) mass is 322 g/mol. The van der Waals surface area contributed by atoms with Crippen molar-refractivity contribution < 1.29 is 0 Å². The Morgan fingerprint density at radius 1 is 0.958 bits per heavy atom. The number of hydrazone groups is 1. The minimum Gasteiger partial charge on any atom is -0.370 e.